The molecule has 0 aliphatic carbocycles. The van der Waals surface area contributed by atoms with E-state index in [2.05, 4.69) is 125 Å². The highest BCUT2D eigenvalue weighted by atomic mass is 35.5. The average molecular weight is 2010 g/mol. The van der Waals surface area contributed by atoms with Gasteiger partial charge < -0.3 is 89.9 Å². The van der Waals surface area contributed by atoms with E-state index < -0.39 is 34.4 Å². The predicted molar refractivity (Wildman–Crippen MR) is 549 cm³/mol. The minimum absolute atomic E-state index is 0.122. The summed E-state index contributed by atoms with van der Waals surface area (Å²) in [5.41, 5.74) is 13.2. The molecule has 4 aliphatic rings. The van der Waals surface area contributed by atoms with Crippen molar-refractivity contribution in [2.24, 2.45) is 0 Å². The van der Waals surface area contributed by atoms with Crippen LogP contribution in [0, 0.1) is 27.7 Å². The van der Waals surface area contributed by atoms with Gasteiger partial charge in [-0.2, -0.15) is 0 Å². The number of hydrogen-bond donors (Lipinski definition) is 4. The van der Waals surface area contributed by atoms with Gasteiger partial charge in [-0.25, -0.2) is 27.7 Å². The SMILES string of the molecule is CC(C)c1cnc(-c2cc3c(OC[C@@H](O)CN4CCC(c5ccc(Cl)c(Cl)c5)CC4)cccc3o2)o1.CCc1cnc(-c2cc3c(OC[C@@H](O)CN4CCC(c5ccc(C)c(C)c5)CC4)cccc3o2)o1.CCc1cnc(-c2cc3c(OC[C@@H](O)CN4CCC(c5ccc(Cl)c(Cl)c5)CC4)cccc3o2)o1.Cc1ccc(C2CCN(C[C@H](O)COc3cccc4oc(S(=O)(=O)N(C)C)cc34)CC2)cc1C. The third-order valence-electron chi connectivity index (χ3n) is 27.1. The van der Waals surface area contributed by atoms with Crippen LogP contribution >= 0.6 is 46.4 Å². The van der Waals surface area contributed by atoms with Crippen molar-refractivity contribution in [3.8, 4) is 58.0 Å². The first-order chi connectivity index (χ1) is 67.5. The molecule has 8 aromatic carbocycles. The van der Waals surface area contributed by atoms with Crippen molar-refractivity contribution in [3.05, 3.63) is 270 Å². The van der Waals surface area contributed by atoms with Crippen molar-refractivity contribution in [1.29, 1.82) is 0 Å². The number of aryl methyl sites for hydroxylation is 6. The maximum absolute atomic E-state index is 12.4. The van der Waals surface area contributed by atoms with Crippen LogP contribution in [0.4, 0.5) is 0 Å². The fraction of sp³-hybridized carbons (Fsp3) is 0.409. The number of ether oxygens (including phenoxy) is 4. The standard InChI is InChI=1S/C29H34N2O4.C28H30Cl2N2O4.C27H28Cl2N2O4.C26H34N2O5S/c1-4-24-16-30-29(34-24)28-15-25-26(6-5-7-27(25)35-28)33-18-23(32)17-31-12-10-21(11-13-31)22-9-8-19(2)20(3)14-22;1-17(2)27-14-31-28(36-27)26-13-21-24(4-3-5-25(21)35-26)34-16-20(33)15-32-10-8-18(9-11-32)19-6-7-22(29)23(30)12-19;1-2-20-14-30-27(34-20)26-13-21-24(4-3-5-25(21)35-26)33-16-19(32)15-31-10-8-17(9-11-31)18-6-7-22(28)23(29)12-18;1-18-8-9-21(14-19(18)2)20-10-12-28(13-11-20)16-22(29)17-32-24-6-5-7-25-23(24)15-26(33-25)34(30,31)27(3)4/h5-9,14-16,21,23,32H,4,10-13,17-18H2,1-3H3;3-7,12-14,17-18,20,33H,8-11,15-16H2,1-2H3;3-7,12-14,17,19,32H,2,8-11,15-16H2,1H3;5-9,14-15,20,22,29H,10-13,16-17H2,1-4H3/t23-;20-;19-;22-/m0000/s1. The first-order valence-corrected chi connectivity index (χ1v) is 51.5. The predicted octanol–water partition coefficient (Wildman–Crippen LogP) is 23.5. The number of aromatic nitrogens is 3. The van der Waals surface area contributed by atoms with E-state index in [1.807, 2.05) is 111 Å². The van der Waals surface area contributed by atoms with E-state index >= 15 is 0 Å². The van der Waals surface area contributed by atoms with E-state index in [1.54, 1.807) is 36.8 Å². The van der Waals surface area contributed by atoms with Gasteiger partial charge in [0.25, 0.3) is 27.7 Å². The van der Waals surface area contributed by atoms with Crippen molar-refractivity contribution >= 4 is 100 Å². The Kier molecular flexibility index (Phi) is 34.5. The lowest BCUT2D eigenvalue weighted by Gasteiger charge is -2.33. The van der Waals surface area contributed by atoms with Crippen LogP contribution in [0.5, 0.6) is 23.0 Å². The van der Waals surface area contributed by atoms with Gasteiger partial charge in [-0.1, -0.05) is 147 Å². The molecule has 0 radical (unpaired) electrons. The molecule has 0 saturated carbocycles. The second-order valence-electron chi connectivity index (χ2n) is 37.7. The number of halogens is 4. The topological polar surface area (TPSA) is 299 Å². The molecule has 4 atom stereocenters. The second-order valence-corrected chi connectivity index (χ2v) is 41.5. The smallest absolute Gasteiger partial charge is 0.275 e. The summed E-state index contributed by atoms with van der Waals surface area (Å²) < 4.78 is 90.4. The molecule has 15 aromatic rings. The number of aliphatic hydroxyl groups excluding tert-OH is 4. The first-order valence-electron chi connectivity index (χ1n) is 48.6. The number of fused-ring (bicyclic) bond motifs is 4. The van der Waals surface area contributed by atoms with E-state index in [0.29, 0.717) is 156 Å². The lowest BCUT2D eigenvalue weighted by Crippen LogP contribution is -2.40. The van der Waals surface area contributed by atoms with E-state index in [9.17, 15) is 28.8 Å². The number of oxazole rings is 3. The summed E-state index contributed by atoms with van der Waals surface area (Å²) in [6.07, 6.45) is 12.8. The minimum Gasteiger partial charge on any atom is -0.490 e. The summed E-state index contributed by atoms with van der Waals surface area (Å²) in [5.74, 6) is 10.3. The maximum atomic E-state index is 12.4. The van der Waals surface area contributed by atoms with E-state index in [4.69, 9.17) is 96.3 Å². The Hall–Kier alpha value is -10.5. The molecule has 4 fully saturated rings. The van der Waals surface area contributed by atoms with E-state index in [0.717, 1.165) is 154 Å². The molecule has 25 nitrogen and oxygen atoms in total. The Balaban J connectivity index is 0.000000135. The Bertz CT molecular complexity index is 6550. The van der Waals surface area contributed by atoms with E-state index in [-0.39, 0.29) is 37.4 Å². The number of furan rings is 4. The van der Waals surface area contributed by atoms with Crippen LogP contribution in [0.2, 0.25) is 20.1 Å². The van der Waals surface area contributed by atoms with Crippen LogP contribution in [0.25, 0.3) is 78.8 Å². The summed E-state index contributed by atoms with van der Waals surface area (Å²) in [4.78, 5) is 22.1. The minimum atomic E-state index is -3.68. The van der Waals surface area contributed by atoms with Crippen LogP contribution in [0.1, 0.15) is 170 Å². The van der Waals surface area contributed by atoms with Crippen LogP contribution in [0.15, 0.2) is 224 Å². The number of rotatable bonds is 32. The van der Waals surface area contributed by atoms with Gasteiger partial charge in [-0.05, 0) is 272 Å². The normalized spacial score (nSPS) is 16.3. The number of benzene rings is 8. The zero-order valence-corrected chi connectivity index (χ0v) is 84.9. The molecule has 30 heteroatoms. The average Bonchev–Trinajstić information content (AvgIpc) is 1.67. The molecule has 4 N–H and O–H groups in total. The monoisotopic (exact) mass is 2000 g/mol. The van der Waals surface area contributed by atoms with Gasteiger partial charge in [0.1, 0.15) is 113 Å². The first kappa shape index (κ1) is 102. The number of sulfonamides is 1. The number of nitrogens with zero attached hydrogens (tertiary/aromatic N) is 8. The van der Waals surface area contributed by atoms with Gasteiger partial charge in [0.05, 0.1) is 60.2 Å². The molecule has 0 bridgehead atoms. The second kappa shape index (κ2) is 47.1. The molecule has 140 heavy (non-hydrogen) atoms. The molecule has 7 aromatic heterocycles. The van der Waals surface area contributed by atoms with Crippen LogP contribution in [-0.2, 0) is 22.9 Å². The van der Waals surface area contributed by atoms with Crippen molar-refractivity contribution in [3.63, 3.8) is 0 Å². The summed E-state index contributed by atoms with van der Waals surface area (Å²) in [5, 5.41) is 47.9. The molecule has 0 spiro atoms. The molecule has 0 unspecified atom stereocenters. The molecule has 4 saturated heterocycles. The van der Waals surface area contributed by atoms with Crippen LogP contribution < -0.4 is 18.9 Å². The number of likely N-dealkylation sites (tertiary alicyclic amines) is 4. The Labute approximate surface area is 838 Å². The van der Waals surface area contributed by atoms with Crippen LogP contribution in [-0.4, -0.2) is 211 Å². The molecular weight excluding hydrogens is 1880 g/mol. The van der Waals surface area contributed by atoms with Crippen molar-refractivity contribution in [2.45, 2.75) is 179 Å². The van der Waals surface area contributed by atoms with Crippen molar-refractivity contribution in [2.75, 3.05) is 119 Å². The number of β-amino-alcohol motifs (C(OH)–C–C–N with tert-alkyl or cyclic N) is 4. The van der Waals surface area contributed by atoms with E-state index in [1.165, 1.54) is 64.7 Å². The van der Waals surface area contributed by atoms with Gasteiger partial charge in [0.2, 0.25) is 5.09 Å². The highest BCUT2D eigenvalue weighted by Crippen LogP contribution is 2.42. The molecule has 19 rings (SSSR count). The van der Waals surface area contributed by atoms with Gasteiger partial charge >= 0.3 is 0 Å². The van der Waals surface area contributed by atoms with Crippen molar-refractivity contribution in [1.82, 2.24) is 38.9 Å². The number of hydrogen-bond acceptors (Lipinski definition) is 24. The lowest BCUT2D eigenvalue weighted by atomic mass is 9.88. The molecule has 4 aliphatic heterocycles. The summed E-state index contributed by atoms with van der Waals surface area (Å²) >= 11 is 24.5. The van der Waals surface area contributed by atoms with Gasteiger partial charge in [-0.15, -0.1) is 0 Å². The third-order valence-corrected chi connectivity index (χ3v) is 30.3. The Morgan fingerprint density at radius 3 is 0.964 bits per heavy atom. The number of aliphatic hydroxyl groups is 4. The van der Waals surface area contributed by atoms with Crippen molar-refractivity contribution < 1.29 is 78.7 Å². The van der Waals surface area contributed by atoms with Gasteiger partial charge in [0, 0.05) is 83.3 Å². The highest BCUT2D eigenvalue weighted by molar-refractivity contribution is 7.89. The Morgan fingerprint density at radius 1 is 0.371 bits per heavy atom. The Morgan fingerprint density at radius 2 is 0.671 bits per heavy atom. The molecule has 11 heterocycles. The largest absolute Gasteiger partial charge is 0.490 e. The fourth-order valence-corrected chi connectivity index (χ4v) is 20.0. The van der Waals surface area contributed by atoms with Gasteiger partial charge in [0.15, 0.2) is 17.3 Å². The quantitative estimate of drug-likeness (QED) is 0.0304. The van der Waals surface area contributed by atoms with Crippen LogP contribution in [0.3, 0.4) is 0 Å². The highest BCUT2D eigenvalue weighted by Gasteiger charge is 2.31. The summed E-state index contributed by atoms with van der Waals surface area (Å²) in [6.45, 7) is 27.4. The molecular formula is C110H126Cl4N8O17S. The zero-order valence-electron chi connectivity index (χ0n) is 81.1. The fourth-order valence-electron chi connectivity index (χ4n) is 18.6. The third kappa shape index (κ3) is 25.9. The summed E-state index contributed by atoms with van der Waals surface area (Å²) in [6, 6.07) is 54.7. The summed E-state index contributed by atoms with van der Waals surface area (Å²) in [7, 11) is -0.762. The lowest BCUT2D eigenvalue weighted by molar-refractivity contribution is 0.0598. The zero-order chi connectivity index (χ0) is 98.4. The van der Waals surface area contributed by atoms with Gasteiger partial charge in [-0.3, -0.25) is 0 Å². The molecule has 0 amide bonds. The maximum Gasteiger partial charge on any atom is 0.275 e. The number of piperidine rings is 4. The molecule has 742 valence electrons.